The lowest BCUT2D eigenvalue weighted by molar-refractivity contribution is 0.236. The maximum Gasteiger partial charge on any atom is 0.199 e. The number of hydrogen-bond donors (Lipinski definition) is 0. The van der Waals surface area contributed by atoms with Gasteiger partial charge in [-0.1, -0.05) is 0 Å². The quantitative estimate of drug-likeness (QED) is 0.791. The van der Waals surface area contributed by atoms with Crippen LogP contribution in [0, 0.1) is 22.0 Å². The maximum absolute atomic E-state index is 8.87. The van der Waals surface area contributed by atoms with Crippen molar-refractivity contribution in [1.82, 2.24) is 24.2 Å². The lowest BCUT2D eigenvalue weighted by atomic mass is 10.2. The summed E-state index contributed by atoms with van der Waals surface area (Å²) in [5.41, 5.74) is 0.977. The first kappa shape index (κ1) is 15.4. The predicted molar refractivity (Wildman–Crippen MR) is 82.7 cm³/mol. The van der Waals surface area contributed by atoms with Crippen molar-refractivity contribution in [3.63, 3.8) is 0 Å². The second-order valence-electron chi connectivity index (χ2n) is 5.11. The Balaban J connectivity index is 2.23. The zero-order chi connectivity index (χ0) is 15.4. The van der Waals surface area contributed by atoms with Gasteiger partial charge in [-0.05, 0) is 38.3 Å². The molecular weight excluding hydrogens is 284 g/mol. The maximum atomic E-state index is 8.87. The summed E-state index contributed by atoms with van der Waals surface area (Å²) in [6.07, 6.45) is 3.47. The van der Waals surface area contributed by atoms with E-state index in [1.54, 1.807) is 17.1 Å². The van der Waals surface area contributed by atoms with Crippen LogP contribution in [0.4, 0.5) is 0 Å². The van der Waals surface area contributed by atoms with Gasteiger partial charge in [0, 0.05) is 31.5 Å². The van der Waals surface area contributed by atoms with Gasteiger partial charge in [0.2, 0.25) is 0 Å². The number of aromatic nitrogens is 4. The van der Waals surface area contributed by atoms with Crippen molar-refractivity contribution in [2.45, 2.75) is 13.6 Å². The van der Waals surface area contributed by atoms with Crippen molar-refractivity contribution in [3.8, 4) is 17.5 Å². The Labute approximate surface area is 129 Å². The van der Waals surface area contributed by atoms with E-state index in [4.69, 9.17) is 17.5 Å². The van der Waals surface area contributed by atoms with Gasteiger partial charge >= 0.3 is 0 Å². The van der Waals surface area contributed by atoms with Crippen molar-refractivity contribution < 1.29 is 0 Å². The third-order valence-electron chi connectivity index (χ3n) is 3.16. The molecule has 0 amide bonds. The van der Waals surface area contributed by atoms with E-state index in [2.05, 4.69) is 16.2 Å². The van der Waals surface area contributed by atoms with E-state index in [0.717, 1.165) is 11.4 Å². The van der Waals surface area contributed by atoms with Crippen molar-refractivity contribution in [3.05, 3.63) is 29.3 Å². The molecular formula is C14H18N6S. The molecule has 0 unspecified atom stereocenters. The fourth-order valence-electron chi connectivity index (χ4n) is 2.13. The number of nitriles is 1. The summed E-state index contributed by atoms with van der Waals surface area (Å²) < 4.78 is 4.31. The average molecular weight is 302 g/mol. The van der Waals surface area contributed by atoms with Crippen LogP contribution in [-0.2, 0) is 13.7 Å². The van der Waals surface area contributed by atoms with Crippen LogP contribution >= 0.6 is 12.2 Å². The van der Waals surface area contributed by atoms with Crippen LogP contribution in [0.1, 0.15) is 6.92 Å². The van der Waals surface area contributed by atoms with Gasteiger partial charge in [-0.3, -0.25) is 9.88 Å². The number of nitrogens with zero attached hydrogens (tertiary/aromatic N) is 6. The van der Waals surface area contributed by atoms with Gasteiger partial charge in [0.15, 0.2) is 10.6 Å². The van der Waals surface area contributed by atoms with Gasteiger partial charge in [0.05, 0.1) is 18.7 Å². The van der Waals surface area contributed by atoms with Crippen LogP contribution in [-0.4, -0.2) is 37.8 Å². The number of pyridine rings is 1. The number of hydrogen-bond acceptors (Lipinski definition) is 5. The van der Waals surface area contributed by atoms with Crippen molar-refractivity contribution in [1.29, 1.82) is 5.26 Å². The summed E-state index contributed by atoms with van der Waals surface area (Å²) >= 11 is 5.43. The molecule has 0 aromatic carbocycles. The Bertz CT molecular complexity index is 696. The molecule has 21 heavy (non-hydrogen) atoms. The fraction of sp³-hybridized carbons (Fsp3) is 0.429. The Morgan fingerprint density at radius 2 is 2.10 bits per heavy atom. The molecule has 0 aliphatic carbocycles. The third-order valence-corrected chi connectivity index (χ3v) is 3.65. The minimum absolute atomic E-state index is 0.0208. The summed E-state index contributed by atoms with van der Waals surface area (Å²) in [6, 6.07) is 6.04. The van der Waals surface area contributed by atoms with Gasteiger partial charge in [0.1, 0.15) is 0 Å². The topological polar surface area (TPSA) is 62.7 Å². The zero-order valence-electron chi connectivity index (χ0n) is 12.4. The van der Waals surface area contributed by atoms with Crippen LogP contribution in [0.2, 0.25) is 0 Å². The largest absolute Gasteiger partial charge is 0.303 e. The minimum Gasteiger partial charge on any atom is -0.303 e. The van der Waals surface area contributed by atoms with Crippen molar-refractivity contribution in [2.75, 3.05) is 13.6 Å². The standard InChI is InChI=1S/C14H18N6S/c1-11(8-15)9-18(2)10-20-14(21)19(3)13(17-20)12-4-6-16-7-5-12/h4-7,11H,9-10H2,1-3H3/t11-/m1/s1. The van der Waals surface area contributed by atoms with Crippen LogP contribution in [0.25, 0.3) is 11.4 Å². The van der Waals surface area contributed by atoms with E-state index in [1.807, 2.05) is 42.6 Å². The highest BCUT2D eigenvalue weighted by molar-refractivity contribution is 7.71. The Morgan fingerprint density at radius 1 is 1.43 bits per heavy atom. The van der Waals surface area contributed by atoms with Crippen LogP contribution in [0.15, 0.2) is 24.5 Å². The van der Waals surface area contributed by atoms with Crippen LogP contribution in [0.5, 0.6) is 0 Å². The normalized spacial score (nSPS) is 12.3. The fourth-order valence-corrected chi connectivity index (χ4v) is 2.31. The van der Waals surface area contributed by atoms with E-state index in [9.17, 15) is 0 Å². The summed E-state index contributed by atoms with van der Waals surface area (Å²) in [7, 11) is 3.86. The van der Waals surface area contributed by atoms with E-state index < -0.39 is 0 Å². The first-order valence-electron chi connectivity index (χ1n) is 6.65. The lowest BCUT2D eigenvalue weighted by Gasteiger charge is -2.17. The molecule has 0 saturated heterocycles. The van der Waals surface area contributed by atoms with Crippen LogP contribution in [0.3, 0.4) is 0 Å². The van der Waals surface area contributed by atoms with E-state index in [-0.39, 0.29) is 5.92 Å². The van der Waals surface area contributed by atoms with E-state index in [0.29, 0.717) is 18.0 Å². The summed E-state index contributed by atoms with van der Waals surface area (Å²) in [4.78, 5) is 6.05. The summed E-state index contributed by atoms with van der Waals surface area (Å²) in [5.74, 6) is 0.789. The highest BCUT2D eigenvalue weighted by atomic mass is 32.1. The van der Waals surface area contributed by atoms with Crippen molar-refractivity contribution in [2.24, 2.45) is 13.0 Å². The molecule has 0 bridgehead atoms. The molecule has 6 nitrogen and oxygen atoms in total. The van der Waals surface area contributed by atoms with Gasteiger partial charge in [-0.2, -0.15) is 10.4 Å². The molecule has 2 rings (SSSR count). The monoisotopic (exact) mass is 302 g/mol. The summed E-state index contributed by atoms with van der Waals surface area (Å²) in [6.45, 7) is 3.14. The molecule has 0 saturated carbocycles. The molecule has 2 heterocycles. The SMILES string of the molecule is C[C@H](C#N)CN(C)Cn1nc(-c2ccncc2)n(C)c1=S. The third kappa shape index (κ3) is 3.54. The molecule has 0 spiro atoms. The lowest BCUT2D eigenvalue weighted by Crippen LogP contribution is -2.27. The molecule has 110 valence electrons. The molecule has 0 aliphatic rings. The molecule has 0 N–H and O–H groups in total. The summed E-state index contributed by atoms with van der Waals surface area (Å²) in [5, 5.41) is 13.4. The van der Waals surface area contributed by atoms with Gasteiger partial charge in [0.25, 0.3) is 0 Å². The Kier molecular flexibility index (Phi) is 4.83. The second-order valence-corrected chi connectivity index (χ2v) is 5.48. The van der Waals surface area contributed by atoms with E-state index in [1.165, 1.54) is 0 Å². The molecule has 0 aliphatic heterocycles. The molecule has 2 aromatic rings. The van der Waals surface area contributed by atoms with E-state index >= 15 is 0 Å². The minimum atomic E-state index is -0.0208. The van der Waals surface area contributed by atoms with Crippen LogP contribution < -0.4 is 0 Å². The number of rotatable bonds is 5. The Hall–Kier alpha value is -2.04. The van der Waals surface area contributed by atoms with Gasteiger partial charge < -0.3 is 4.57 Å². The first-order valence-corrected chi connectivity index (χ1v) is 7.06. The second kappa shape index (κ2) is 6.61. The average Bonchev–Trinajstić information content (AvgIpc) is 2.76. The highest BCUT2D eigenvalue weighted by Gasteiger charge is 2.12. The van der Waals surface area contributed by atoms with Crippen molar-refractivity contribution >= 4 is 12.2 Å². The first-order chi connectivity index (χ1) is 10.0. The zero-order valence-corrected chi connectivity index (χ0v) is 13.2. The molecule has 0 radical (unpaired) electrons. The molecule has 1 atom stereocenters. The highest BCUT2D eigenvalue weighted by Crippen LogP contribution is 2.16. The molecule has 0 fully saturated rings. The predicted octanol–water partition coefficient (Wildman–Crippen LogP) is 2.06. The van der Waals surface area contributed by atoms with Gasteiger partial charge in [-0.25, -0.2) is 4.68 Å². The van der Waals surface area contributed by atoms with Gasteiger partial charge in [-0.15, -0.1) is 0 Å². The Morgan fingerprint density at radius 3 is 2.71 bits per heavy atom. The smallest absolute Gasteiger partial charge is 0.199 e. The molecule has 7 heteroatoms. The molecule has 2 aromatic heterocycles.